The Morgan fingerprint density at radius 3 is 2.69 bits per heavy atom. The Bertz CT molecular complexity index is 1160. The number of aromatic nitrogens is 6. The van der Waals surface area contributed by atoms with Gasteiger partial charge in [-0.3, -0.25) is 4.98 Å². The zero-order valence-electron chi connectivity index (χ0n) is 16.4. The molecule has 0 aliphatic heterocycles. The van der Waals surface area contributed by atoms with E-state index < -0.39 is 0 Å². The fourth-order valence-corrected chi connectivity index (χ4v) is 4.03. The lowest BCUT2D eigenvalue weighted by atomic mass is 9.81. The molecule has 0 saturated heterocycles. The SMILES string of the molecule is Cc1c(-c2ccncc2)cn2nc(-c3nccn3C)nc(NC3CC(CO)C3)c12. The number of aryl methyl sites for hydroxylation is 2. The molecule has 4 aromatic heterocycles. The molecule has 29 heavy (non-hydrogen) atoms. The van der Waals surface area contributed by atoms with Crippen LogP contribution < -0.4 is 5.32 Å². The maximum atomic E-state index is 9.34. The predicted molar refractivity (Wildman–Crippen MR) is 110 cm³/mol. The second kappa shape index (κ2) is 6.97. The molecule has 4 aromatic rings. The minimum Gasteiger partial charge on any atom is -0.396 e. The summed E-state index contributed by atoms with van der Waals surface area (Å²) in [7, 11) is 1.93. The van der Waals surface area contributed by atoms with Crippen molar-refractivity contribution in [2.75, 3.05) is 11.9 Å². The van der Waals surface area contributed by atoms with Gasteiger partial charge in [0.25, 0.3) is 0 Å². The summed E-state index contributed by atoms with van der Waals surface area (Å²) in [5.41, 5.74) is 4.27. The van der Waals surface area contributed by atoms with E-state index in [1.165, 1.54) is 0 Å². The number of aliphatic hydroxyl groups excluding tert-OH is 1. The monoisotopic (exact) mass is 389 g/mol. The molecule has 0 unspecified atom stereocenters. The highest BCUT2D eigenvalue weighted by Crippen LogP contribution is 2.35. The summed E-state index contributed by atoms with van der Waals surface area (Å²) in [6.45, 7) is 2.34. The molecule has 4 heterocycles. The van der Waals surface area contributed by atoms with Crippen molar-refractivity contribution in [2.45, 2.75) is 25.8 Å². The molecule has 148 valence electrons. The molecule has 2 N–H and O–H groups in total. The zero-order valence-corrected chi connectivity index (χ0v) is 16.4. The average molecular weight is 389 g/mol. The third-order valence-corrected chi connectivity index (χ3v) is 5.73. The Morgan fingerprint density at radius 2 is 2.00 bits per heavy atom. The van der Waals surface area contributed by atoms with E-state index in [0.29, 0.717) is 23.6 Å². The van der Waals surface area contributed by atoms with Gasteiger partial charge in [-0.1, -0.05) is 0 Å². The predicted octanol–water partition coefficient (Wildman–Crippen LogP) is 2.68. The van der Waals surface area contributed by atoms with Crippen LogP contribution in [0.4, 0.5) is 5.82 Å². The van der Waals surface area contributed by atoms with Gasteiger partial charge in [0.15, 0.2) is 11.6 Å². The van der Waals surface area contributed by atoms with Crippen molar-refractivity contribution in [3.63, 3.8) is 0 Å². The summed E-state index contributed by atoms with van der Waals surface area (Å²) in [6.07, 6.45) is 11.2. The number of imidazole rings is 1. The van der Waals surface area contributed by atoms with E-state index in [2.05, 4.69) is 22.2 Å². The first-order valence-electron chi connectivity index (χ1n) is 9.79. The van der Waals surface area contributed by atoms with Crippen LogP contribution in [0.15, 0.2) is 43.1 Å². The molecular weight excluding hydrogens is 366 g/mol. The van der Waals surface area contributed by atoms with Crippen LogP contribution in [0, 0.1) is 12.8 Å². The Morgan fingerprint density at radius 1 is 1.21 bits per heavy atom. The molecule has 0 amide bonds. The van der Waals surface area contributed by atoms with Crippen molar-refractivity contribution in [1.29, 1.82) is 0 Å². The first-order chi connectivity index (χ1) is 14.1. The molecule has 0 atom stereocenters. The van der Waals surface area contributed by atoms with Crippen molar-refractivity contribution < 1.29 is 5.11 Å². The van der Waals surface area contributed by atoms with Crippen LogP contribution in [0.5, 0.6) is 0 Å². The number of pyridine rings is 1. The van der Waals surface area contributed by atoms with E-state index in [9.17, 15) is 5.11 Å². The van der Waals surface area contributed by atoms with Gasteiger partial charge in [0, 0.05) is 56.2 Å². The topological polar surface area (TPSA) is 93.2 Å². The standard InChI is InChI=1S/C21H23N7O/c1-13-17(15-3-5-22-6-4-15)11-28-18(13)19(24-16-9-14(10-16)12-29)25-20(26-28)21-23-7-8-27(21)2/h3-8,11,14,16,29H,9-10,12H2,1-2H3,(H,24,25,26). The second-order valence-corrected chi connectivity index (χ2v) is 7.70. The van der Waals surface area contributed by atoms with Gasteiger partial charge in [0.05, 0.1) is 0 Å². The van der Waals surface area contributed by atoms with E-state index in [1.807, 2.05) is 40.7 Å². The lowest BCUT2D eigenvalue weighted by Gasteiger charge is -2.35. The number of hydrogen-bond donors (Lipinski definition) is 2. The quantitative estimate of drug-likeness (QED) is 0.545. The van der Waals surface area contributed by atoms with Crippen molar-refractivity contribution in [3.05, 3.63) is 48.7 Å². The van der Waals surface area contributed by atoms with E-state index in [0.717, 1.165) is 40.9 Å². The van der Waals surface area contributed by atoms with Gasteiger partial charge in [0.2, 0.25) is 5.82 Å². The summed E-state index contributed by atoms with van der Waals surface area (Å²) in [5, 5.41) is 17.7. The average Bonchev–Trinajstić information content (AvgIpc) is 3.28. The Kier molecular flexibility index (Phi) is 4.28. The first kappa shape index (κ1) is 17.8. The van der Waals surface area contributed by atoms with Crippen LogP contribution >= 0.6 is 0 Å². The maximum Gasteiger partial charge on any atom is 0.218 e. The normalized spacial score (nSPS) is 18.7. The maximum absolute atomic E-state index is 9.34. The minimum atomic E-state index is 0.242. The Balaban J connectivity index is 1.65. The molecular formula is C21H23N7O. The third-order valence-electron chi connectivity index (χ3n) is 5.73. The van der Waals surface area contributed by atoms with Crippen molar-refractivity contribution >= 4 is 11.3 Å². The fourth-order valence-electron chi connectivity index (χ4n) is 4.03. The molecule has 8 heteroatoms. The zero-order chi connectivity index (χ0) is 20.0. The first-order valence-corrected chi connectivity index (χ1v) is 9.79. The molecule has 0 spiro atoms. The van der Waals surface area contributed by atoms with Crippen LogP contribution in [0.3, 0.4) is 0 Å². The summed E-state index contributed by atoms with van der Waals surface area (Å²) < 4.78 is 3.81. The molecule has 0 aromatic carbocycles. The number of nitrogens with one attached hydrogen (secondary N) is 1. The molecule has 0 bridgehead atoms. The number of aliphatic hydroxyl groups is 1. The fraction of sp³-hybridized carbons (Fsp3) is 0.333. The van der Waals surface area contributed by atoms with Crippen LogP contribution in [-0.4, -0.2) is 46.9 Å². The number of nitrogens with zero attached hydrogens (tertiary/aromatic N) is 6. The van der Waals surface area contributed by atoms with Crippen LogP contribution in [-0.2, 0) is 7.05 Å². The third kappa shape index (κ3) is 3.05. The number of hydrogen-bond acceptors (Lipinski definition) is 6. The molecule has 8 nitrogen and oxygen atoms in total. The summed E-state index contributed by atoms with van der Waals surface area (Å²) in [4.78, 5) is 13.4. The lowest BCUT2D eigenvalue weighted by Crippen LogP contribution is -2.37. The molecule has 1 aliphatic rings. The van der Waals surface area contributed by atoms with Gasteiger partial charge < -0.3 is 15.0 Å². The number of rotatable bonds is 5. The highest BCUT2D eigenvalue weighted by Gasteiger charge is 2.30. The largest absolute Gasteiger partial charge is 0.396 e. The van der Waals surface area contributed by atoms with Gasteiger partial charge in [0.1, 0.15) is 5.52 Å². The summed E-state index contributed by atoms with van der Waals surface area (Å²) in [6, 6.07) is 4.30. The van der Waals surface area contributed by atoms with Crippen molar-refractivity contribution in [3.8, 4) is 22.8 Å². The Hall–Kier alpha value is -3.26. The number of fused-ring (bicyclic) bond motifs is 1. The van der Waals surface area contributed by atoms with Crippen molar-refractivity contribution in [1.82, 2.24) is 29.1 Å². The summed E-state index contributed by atoms with van der Waals surface area (Å²) in [5.74, 6) is 2.47. The molecule has 1 aliphatic carbocycles. The Labute approximate surface area is 168 Å². The second-order valence-electron chi connectivity index (χ2n) is 7.70. The minimum absolute atomic E-state index is 0.242. The smallest absolute Gasteiger partial charge is 0.218 e. The van der Waals surface area contributed by atoms with Gasteiger partial charge in [-0.25, -0.2) is 14.5 Å². The molecule has 1 fully saturated rings. The molecule has 5 rings (SSSR count). The van der Waals surface area contributed by atoms with Crippen LogP contribution in [0.1, 0.15) is 18.4 Å². The van der Waals surface area contributed by atoms with Crippen LogP contribution in [0.2, 0.25) is 0 Å². The van der Waals surface area contributed by atoms with Gasteiger partial charge >= 0.3 is 0 Å². The number of anilines is 1. The summed E-state index contributed by atoms with van der Waals surface area (Å²) >= 11 is 0. The van der Waals surface area contributed by atoms with Gasteiger partial charge in [-0.2, -0.15) is 0 Å². The molecule has 0 radical (unpaired) electrons. The lowest BCUT2D eigenvalue weighted by molar-refractivity contribution is 0.151. The van der Waals surface area contributed by atoms with Gasteiger partial charge in [-0.15, -0.1) is 5.10 Å². The highest BCUT2D eigenvalue weighted by molar-refractivity contribution is 5.83. The molecule has 1 saturated carbocycles. The van der Waals surface area contributed by atoms with E-state index in [4.69, 9.17) is 10.1 Å². The van der Waals surface area contributed by atoms with E-state index in [-0.39, 0.29) is 6.61 Å². The van der Waals surface area contributed by atoms with Crippen LogP contribution in [0.25, 0.3) is 28.3 Å². The van der Waals surface area contributed by atoms with E-state index in [1.54, 1.807) is 18.6 Å². The van der Waals surface area contributed by atoms with E-state index >= 15 is 0 Å². The highest BCUT2D eigenvalue weighted by atomic mass is 16.3. The van der Waals surface area contributed by atoms with Gasteiger partial charge in [-0.05, 0) is 48.9 Å². The van der Waals surface area contributed by atoms with Crippen molar-refractivity contribution in [2.24, 2.45) is 13.0 Å².